The van der Waals surface area contributed by atoms with E-state index in [2.05, 4.69) is 20.2 Å². The van der Waals surface area contributed by atoms with Crippen LogP contribution in [0.2, 0.25) is 0 Å². The number of aryl methyl sites for hydroxylation is 1. The van der Waals surface area contributed by atoms with Gasteiger partial charge in [-0.05, 0) is 12.1 Å². The summed E-state index contributed by atoms with van der Waals surface area (Å²) in [4.78, 5) is 25.9. The van der Waals surface area contributed by atoms with Gasteiger partial charge in [0, 0.05) is 12.5 Å². The van der Waals surface area contributed by atoms with Crippen molar-refractivity contribution in [3.05, 3.63) is 17.5 Å². The molecule has 1 heterocycles. The van der Waals surface area contributed by atoms with E-state index in [1.54, 1.807) is 6.92 Å². The lowest BCUT2D eigenvalue weighted by molar-refractivity contribution is -0.146. The zero-order valence-electron chi connectivity index (χ0n) is 7.64. The summed E-state index contributed by atoms with van der Waals surface area (Å²) in [7, 11) is 0. The van der Waals surface area contributed by atoms with Gasteiger partial charge >= 0.3 is 11.9 Å². The number of amides is 1. The molecule has 0 aliphatic carbocycles. The maximum Gasteiger partial charge on any atom is 0.329 e. The third-order valence-corrected chi connectivity index (χ3v) is 1.32. The van der Waals surface area contributed by atoms with Crippen molar-refractivity contribution in [1.82, 2.24) is 20.9 Å². The summed E-state index contributed by atoms with van der Waals surface area (Å²) in [5.74, 6) is -1.24. The highest BCUT2D eigenvalue weighted by molar-refractivity contribution is 5.93. The molecule has 0 aromatic carbocycles. The molecule has 7 heteroatoms. The van der Waals surface area contributed by atoms with E-state index < -0.39 is 11.9 Å². The van der Waals surface area contributed by atoms with Crippen LogP contribution in [-0.4, -0.2) is 27.3 Å². The summed E-state index contributed by atoms with van der Waals surface area (Å²) in [6.07, 6.45) is 1.38. The van der Waals surface area contributed by atoms with Crippen LogP contribution in [0.25, 0.3) is 0 Å². The number of aromatic nitrogens is 3. The van der Waals surface area contributed by atoms with Gasteiger partial charge in [0.25, 0.3) is 0 Å². The summed E-state index contributed by atoms with van der Waals surface area (Å²) in [6, 6.07) is 0. The van der Waals surface area contributed by atoms with Crippen LogP contribution in [0, 0.1) is 6.92 Å². The number of hydroxylamine groups is 1. The molecule has 0 spiro atoms. The largest absolute Gasteiger partial charge is 0.341 e. The van der Waals surface area contributed by atoms with Gasteiger partial charge in [0.1, 0.15) is 0 Å². The molecule has 0 saturated heterocycles. The first-order chi connectivity index (χ1) is 6.61. The minimum absolute atomic E-state index is 0.0706. The van der Waals surface area contributed by atoms with Crippen molar-refractivity contribution >= 4 is 11.9 Å². The molecule has 0 aliphatic heterocycles. The molecule has 1 N–H and O–H groups in total. The van der Waals surface area contributed by atoms with Gasteiger partial charge in [-0.1, -0.05) is 0 Å². The van der Waals surface area contributed by atoms with Crippen LogP contribution >= 0.6 is 0 Å². The number of nitrogens with zero attached hydrogens (tertiary/aromatic N) is 3. The standard InChI is InChI=1S/C7H8N4O3/c1-4-3-8-11-9-6(4)7(13)10-14-5(2)12/h3H,1-2H3,(H,10,13). The van der Waals surface area contributed by atoms with Gasteiger partial charge in [0.05, 0.1) is 6.20 Å². The molecule has 1 rings (SSSR count). The molecule has 0 atom stereocenters. The number of nitrogens with one attached hydrogen (secondary N) is 1. The lowest BCUT2D eigenvalue weighted by Gasteiger charge is -2.03. The summed E-state index contributed by atoms with van der Waals surface area (Å²) in [6.45, 7) is 2.82. The molecule has 14 heavy (non-hydrogen) atoms. The Labute approximate surface area is 79.4 Å². The number of hydrogen-bond donors (Lipinski definition) is 1. The average molecular weight is 196 g/mol. The zero-order valence-corrected chi connectivity index (χ0v) is 7.64. The van der Waals surface area contributed by atoms with Crippen molar-refractivity contribution in [1.29, 1.82) is 0 Å². The molecule has 1 aromatic rings. The highest BCUT2D eigenvalue weighted by atomic mass is 16.7. The molecular formula is C7H8N4O3. The minimum atomic E-state index is -0.632. The third-order valence-electron chi connectivity index (χ3n) is 1.32. The Kier molecular flexibility index (Phi) is 3.05. The lowest BCUT2D eigenvalue weighted by Crippen LogP contribution is -2.27. The molecule has 1 amide bonds. The second-order valence-electron chi connectivity index (χ2n) is 2.49. The number of hydrogen-bond acceptors (Lipinski definition) is 6. The molecule has 7 nitrogen and oxygen atoms in total. The Balaban J connectivity index is 2.70. The molecular weight excluding hydrogens is 188 g/mol. The van der Waals surface area contributed by atoms with Crippen molar-refractivity contribution < 1.29 is 14.4 Å². The minimum Gasteiger partial charge on any atom is -0.341 e. The van der Waals surface area contributed by atoms with Crippen LogP contribution in [-0.2, 0) is 9.63 Å². The van der Waals surface area contributed by atoms with E-state index in [1.165, 1.54) is 13.1 Å². The van der Waals surface area contributed by atoms with Crippen LogP contribution < -0.4 is 5.48 Å². The summed E-state index contributed by atoms with van der Waals surface area (Å²) in [5.41, 5.74) is 2.54. The summed E-state index contributed by atoms with van der Waals surface area (Å²) < 4.78 is 0. The zero-order chi connectivity index (χ0) is 10.6. The van der Waals surface area contributed by atoms with Gasteiger partial charge in [-0.15, -0.1) is 10.2 Å². The Morgan fingerprint density at radius 1 is 1.50 bits per heavy atom. The van der Waals surface area contributed by atoms with Crippen LogP contribution in [0.1, 0.15) is 23.0 Å². The Morgan fingerprint density at radius 3 is 2.79 bits per heavy atom. The highest BCUT2D eigenvalue weighted by Crippen LogP contribution is 1.98. The highest BCUT2D eigenvalue weighted by Gasteiger charge is 2.12. The molecule has 1 aromatic heterocycles. The second-order valence-corrected chi connectivity index (χ2v) is 2.49. The van der Waals surface area contributed by atoms with Crippen molar-refractivity contribution in [2.75, 3.05) is 0 Å². The monoisotopic (exact) mass is 196 g/mol. The maximum atomic E-state index is 11.3. The maximum absolute atomic E-state index is 11.3. The van der Waals surface area contributed by atoms with E-state index >= 15 is 0 Å². The van der Waals surface area contributed by atoms with Crippen molar-refractivity contribution in [2.24, 2.45) is 0 Å². The molecule has 0 bridgehead atoms. The van der Waals surface area contributed by atoms with Crippen LogP contribution in [0.4, 0.5) is 0 Å². The van der Waals surface area contributed by atoms with Crippen LogP contribution in [0.5, 0.6) is 0 Å². The summed E-state index contributed by atoms with van der Waals surface area (Å²) in [5, 5.41) is 10.3. The first kappa shape index (κ1) is 10.0. The number of carbonyl (C=O) groups excluding carboxylic acids is 2. The van der Waals surface area contributed by atoms with Crippen molar-refractivity contribution in [3.8, 4) is 0 Å². The van der Waals surface area contributed by atoms with Crippen LogP contribution in [0.3, 0.4) is 0 Å². The Bertz CT molecular complexity index is 366. The van der Waals surface area contributed by atoms with Crippen molar-refractivity contribution in [2.45, 2.75) is 13.8 Å². The van der Waals surface area contributed by atoms with Gasteiger partial charge in [0.2, 0.25) is 0 Å². The van der Waals surface area contributed by atoms with Gasteiger partial charge in [-0.25, -0.2) is 0 Å². The molecule has 0 saturated carbocycles. The van der Waals surface area contributed by atoms with Crippen molar-refractivity contribution in [3.63, 3.8) is 0 Å². The van der Waals surface area contributed by atoms with E-state index in [0.29, 0.717) is 5.56 Å². The number of carbonyl (C=O) groups is 2. The normalized spacial score (nSPS) is 9.29. The first-order valence-electron chi connectivity index (χ1n) is 3.74. The van der Waals surface area contributed by atoms with E-state index in [0.717, 1.165) is 0 Å². The van der Waals surface area contributed by atoms with E-state index in [4.69, 9.17) is 0 Å². The number of rotatable bonds is 1. The Morgan fingerprint density at radius 2 is 2.21 bits per heavy atom. The van der Waals surface area contributed by atoms with E-state index in [1.807, 2.05) is 5.48 Å². The molecule has 0 radical (unpaired) electrons. The Hall–Kier alpha value is -2.05. The molecule has 0 aliphatic rings. The fourth-order valence-corrected chi connectivity index (χ4v) is 0.714. The topological polar surface area (TPSA) is 94.1 Å². The van der Waals surface area contributed by atoms with Gasteiger partial charge < -0.3 is 4.84 Å². The summed E-state index contributed by atoms with van der Waals surface area (Å²) >= 11 is 0. The molecule has 0 unspecified atom stereocenters. The predicted molar refractivity (Wildman–Crippen MR) is 43.8 cm³/mol. The van der Waals surface area contributed by atoms with Crippen LogP contribution in [0.15, 0.2) is 6.20 Å². The van der Waals surface area contributed by atoms with Gasteiger partial charge in [0.15, 0.2) is 5.69 Å². The van der Waals surface area contributed by atoms with E-state index in [9.17, 15) is 9.59 Å². The SMILES string of the molecule is CC(=O)ONC(=O)c1nnncc1C. The fourth-order valence-electron chi connectivity index (χ4n) is 0.714. The van der Waals surface area contributed by atoms with E-state index in [-0.39, 0.29) is 5.69 Å². The van der Waals surface area contributed by atoms with Gasteiger partial charge in [-0.2, -0.15) is 5.48 Å². The second kappa shape index (κ2) is 4.26. The molecule has 74 valence electrons. The lowest BCUT2D eigenvalue weighted by atomic mass is 10.2. The smallest absolute Gasteiger partial charge is 0.329 e. The predicted octanol–water partition coefficient (Wildman–Crippen LogP) is -0.612. The third kappa shape index (κ3) is 2.47. The quantitative estimate of drug-likeness (QED) is 0.602. The first-order valence-corrected chi connectivity index (χ1v) is 3.74. The average Bonchev–Trinajstić information content (AvgIpc) is 2.15. The fraction of sp³-hybridized carbons (Fsp3) is 0.286. The van der Waals surface area contributed by atoms with Gasteiger partial charge in [-0.3, -0.25) is 9.59 Å². The molecule has 0 fully saturated rings.